The smallest absolute Gasteiger partial charge is 0.268 e. The second kappa shape index (κ2) is 6.89. The van der Waals surface area contributed by atoms with Gasteiger partial charge < -0.3 is 0 Å². The van der Waals surface area contributed by atoms with Crippen LogP contribution in [0.1, 0.15) is 5.56 Å². The summed E-state index contributed by atoms with van der Waals surface area (Å²) in [5.74, 6) is -0.0711. The Balaban J connectivity index is 1.70. The van der Waals surface area contributed by atoms with Crippen molar-refractivity contribution in [1.82, 2.24) is 0 Å². The third-order valence-electron chi connectivity index (χ3n) is 4.90. The fourth-order valence-electron chi connectivity index (χ4n) is 3.60. The first kappa shape index (κ1) is 17.2. The second-order valence-corrected chi connectivity index (χ2v) is 8.26. The number of carbonyl (C=O) groups excluding carboxylic acids is 1. The van der Waals surface area contributed by atoms with Gasteiger partial charge >= 0.3 is 0 Å². The largest absolute Gasteiger partial charge is 0.270 e. The number of anilines is 1. The van der Waals surface area contributed by atoms with E-state index in [-0.39, 0.29) is 5.91 Å². The highest BCUT2D eigenvalue weighted by atomic mass is 32.2. The monoisotopic (exact) mass is 397 g/mol. The van der Waals surface area contributed by atoms with Crippen molar-refractivity contribution in [2.75, 3.05) is 4.90 Å². The topological polar surface area (TPSA) is 20.3 Å². The van der Waals surface area contributed by atoms with Crippen molar-refractivity contribution >= 4 is 67.5 Å². The number of carbonyl (C=O) groups is 1. The molecule has 2 nitrogen and oxygen atoms in total. The van der Waals surface area contributed by atoms with E-state index in [4.69, 9.17) is 12.2 Å². The van der Waals surface area contributed by atoms with Crippen molar-refractivity contribution in [3.05, 3.63) is 95.4 Å². The quantitative estimate of drug-likeness (QED) is 0.222. The summed E-state index contributed by atoms with van der Waals surface area (Å²) < 4.78 is 0.562. The van der Waals surface area contributed by atoms with E-state index in [1.54, 1.807) is 4.90 Å². The van der Waals surface area contributed by atoms with Gasteiger partial charge in [0.15, 0.2) is 4.32 Å². The van der Waals surface area contributed by atoms with Gasteiger partial charge in [0.05, 0.1) is 10.6 Å². The molecule has 0 bridgehead atoms. The lowest BCUT2D eigenvalue weighted by atomic mass is 9.96. The lowest BCUT2D eigenvalue weighted by molar-refractivity contribution is -0.113. The minimum Gasteiger partial charge on any atom is -0.268 e. The molecule has 1 aliphatic heterocycles. The Morgan fingerprint density at radius 2 is 1.36 bits per heavy atom. The Bertz CT molecular complexity index is 1220. The maximum absolute atomic E-state index is 13.1. The SMILES string of the molecule is O=C1C(=Cc2c3ccccc3cc3ccccc23)SC(=S)N1c1ccccc1. The minimum absolute atomic E-state index is 0.0711. The molecule has 0 spiro atoms. The van der Waals surface area contributed by atoms with Gasteiger partial charge in [0.1, 0.15) is 0 Å². The summed E-state index contributed by atoms with van der Waals surface area (Å²) in [6.07, 6.45) is 1.99. The van der Waals surface area contributed by atoms with Crippen LogP contribution in [0, 0.1) is 0 Å². The molecular formula is C24H15NOS2. The van der Waals surface area contributed by atoms with Gasteiger partial charge in [-0.1, -0.05) is 90.7 Å². The van der Waals surface area contributed by atoms with Gasteiger partial charge in [-0.25, -0.2) is 0 Å². The summed E-state index contributed by atoms with van der Waals surface area (Å²) in [5, 5.41) is 4.58. The molecule has 0 N–H and O–H groups in total. The summed E-state index contributed by atoms with van der Waals surface area (Å²) >= 11 is 6.87. The predicted octanol–water partition coefficient (Wildman–Crippen LogP) is 6.40. The Kier molecular flexibility index (Phi) is 4.23. The van der Waals surface area contributed by atoms with E-state index < -0.39 is 0 Å². The summed E-state index contributed by atoms with van der Waals surface area (Å²) in [6, 6.07) is 28.3. The Labute approximate surface area is 172 Å². The van der Waals surface area contributed by atoms with Crippen LogP contribution in [0.4, 0.5) is 5.69 Å². The standard InChI is InChI=1S/C24H15NOS2/c26-23-22(28-24(27)25(23)18-10-2-1-3-11-18)15-21-19-12-6-4-8-16(19)14-17-9-5-7-13-20(17)21/h1-15H. The van der Waals surface area contributed by atoms with Gasteiger partial charge in [0, 0.05) is 0 Å². The molecule has 1 aliphatic rings. The summed E-state index contributed by atoms with van der Waals surface area (Å²) in [7, 11) is 0. The molecule has 1 amide bonds. The van der Waals surface area contributed by atoms with Crippen LogP contribution in [0.3, 0.4) is 0 Å². The van der Waals surface area contributed by atoms with Crippen molar-refractivity contribution in [1.29, 1.82) is 0 Å². The zero-order valence-corrected chi connectivity index (χ0v) is 16.5. The number of thioether (sulfide) groups is 1. The first-order valence-electron chi connectivity index (χ1n) is 8.96. The third-order valence-corrected chi connectivity index (χ3v) is 6.20. The highest BCUT2D eigenvalue weighted by Crippen LogP contribution is 2.38. The molecule has 5 rings (SSSR count). The van der Waals surface area contributed by atoms with Gasteiger partial charge in [0.2, 0.25) is 0 Å². The van der Waals surface area contributed by atoms with Crippen molar-refractivity contribution in [3.63, 3.8) is 0 Å². The number of thiocarbonyl (C=S) groups is 1. The molecule has 1 heterocycles. The van der Waals surface area contributed by atoms with E-state index in [0.717, 1.165) is 32.8 Å². The molecule has 0 saturated carbocycles. The average molecular weight is 398 g/mol. The number of hydrogen-bond donors (Lipinski definition) is 0. The first-order chi connectivity index (χ1) is 13.7. The van der Waals surface area contributed by atoms with Crippen LogP contribution in [-0.4, -0.2) is 10.2 Å². The number of rotatable bonds is 2. The Morgan fingerprint density at radius 3 is 2.00 bits per heavy atom. The lowest BCUT2D eigenvalue weighted by Crippen LogP contribution is -2.27. The molecule has 4 heteroatoms. The van der Waals surface area contributed by atoms with Crippen LogP contribution < -0.4 is 4.90 Å². The molecule has 0 unspecified atom stereocenters. The van der Waals surface area contributed by atoms with E-state index in [0.29, 0.717) is 9.23 Å². The zero-order valence-electron chi connectivity index (χ0n) is 14.8. The van der Waals surface area contributed by atoms with Crippen LogP contribution >= 0.6 is 24.0 Å². The van der Waals surface area contributed by atoms with Gasteiger partial charge in [-0.3, -0.25) is 9.69 Å². The van der Waals surface area contributed by atoms with Crippen molar-refractivity contribution < 1.29 is 4.79 Å². The number of hydrogen-bond acceptors (Lipinski definition) is 3. The summed E-state index contributed by atoms with van der Waals surface area (Å²) in [5.41, 5.74) is 1.86. The average Bonchev–Trinajstić information content (AvgIpc) is 3.01. The Morgan fingerprint density at radius 1 is 0.786 bits per heavy atom. The number of amides is 1. The summed E-state index contributed by atoms with van der Waals surface area (Å²) in [6.45, 7) is 0. The molecule has 28 heavy (non-hydrogen) atoms. The highest BCUT2D eigenvalue weighted by molar-refractivity contribution is 8.27. The highest BCUT2D eigenvalue weighted by Gasteiger charge is 2.33. The number of benzene rings is 4. The second-order valence-electron chi connectivity index (χ2n) is 6.59. The van der Waals surface area contributed by atoms with Gasteiger partial charge in [-0.2, -0.15) is 0 Å². The fraction of sp³-hybridized carbons (Fsp3) is 0. The maximum Gasteiger partial charge on any atom is 0.270 e. The molecule has 134 valence electrons. The molecule has 4 aromatic carbocycles. The molecule has 0 aliphatic carbocycles. The number of nitrogens with zero attached hydrogens (tertiary/aromatic N) is 1. The zero-order chi connectivity index (χ0) is 19.1. The Hall–Kier alpha value is -2.95. The van der Waals surface area contributed by atoms with Crippen LogP contribution in [0.25, 0.3) is 27.6 Å². The normalized spacial score (nSPS) is 15.9. The fourth-order valence-corrected chi connectivity index (χ4v) is 4.88. The van der Waals surface area contributed by atoms with Crippen molar-refractivity contribution in [2.24, 2.45) is 0 Å². The molecule has 1 fully saturated rings. The van der Waals surface area contributed by atoms with Gasteiger partial charge in [0.25, 0.3) is 5.91 Å². The van der Waals surface area contributed by atoms with Crippen LogP contribution in [0.2, 0.25) is 0 Å². The minimum atomic E-state index is -0.0711. The van der Waals surface area contributed by atoms with Gasteiger partial charge in [-0.05, 0) is 51.4 Å². The van der Waals surface area contributed by atoms with Crippen LogP contribution in [-0.2, 0) is 4.79 Å². The molecule has 0 radical (unpaired) electrons. The first-order valence-corrected chi connectivity index (χ1v) is 10.2. The van der Waals surface area contributed by atoms with E-state index in [1.807, 2.05) is 60.7 Å². The van der Waals surface area contributed by atoms with Gasteiger partial charge in [-0.15, -0.1) is 0 Å². The number of fused-ring (bicyclic) bond motifs is 2. The molecular weight excluding hydrogens is 382 g/mol. The van der Waals surface area contributed by atoms with Crippen molar-refractivity contribution in [3.8, 4) is 0 Å². The van der Waals surface area contributed by atoms with Crippen LogP contribution in [0.5, 0.6) is 0 Å². The van der Waals surface area contributed by atoms with E-state index in [2.05, 4.69) is 30.3 Å². The van der Waals surface area contributed by atoms with Crippen molar-refractivity contribution in [2.45, 2.75) is 0 Å². The maximum atomic E-state index is 13.1. The lowest BCUT2D eigenvalue weighted by Gasteiger charge is -2.14. The molecule has 0 atom stereocenters. The van der Waals surface area contributed by atoms with E-state index >= 15 is 0 Å². The molecule has 0 aromatic heterocycles. The van der Waals surface area contributed by atoms with Crippen LogP contribution in [0.15, 0.2) is 89.8 Å². The van der Waals surface area contributed by atoms with E-state index in [9.17, 15) is 4.79 Å². The summed E-state index contributed by atoms with van der Waals surface area (Å²) in [4.78, 5) is 15.4. The third kappa shape index (κ3) is 2.82. The molecule has 1 saturated heterocycles. The van der Waals surface area contributed by atoms with E-state index in [1.165, 1.54) is 11.8 Å². The predicted molar refractivity (Wildman–Crippen MR) is 124 cm³/mol. The molecule has 4 aromatic rings. The number of para-hydroxylation sites is 1.